The fourth-order valence-electron chi connectivity index (χ4n) is 2.01. The van der Waals surface area contributed by atoms with Crippen LogP contribution in [0.1, 0.15) is 17.9 Å². The molecule has 0 saturated carbocycles. The Morgan fingerprint density at radius 3 is 2.62 bits per heavy atom. The molecule has 1 aromatic carbocycles. The molecule has 3 amide bonds. The standard InChI is InChI=1S/C17H22N4O3/c1-11-12(2)24-16(19-11)13-6-5-7-14(10-13)20-17(23)18-9-8-15(22)21(3)4/h5-7,10H,8-9H2,1-4H3,(H2,18,20,23). The minimum Gasteiger partial charge on any atom is -0.441 e. The molecular weight excluding hydrogens is 308 g/mol. The highest BCUT2D eigenvalue weighted by Crippen LogP contribution is 2.23. The zero-order chi connectivity index (χ0) is 17.7. The second-order valence-corrected chi connectivity index (χ2v) is 5.66. The van der Waals surface area contributed by atoms with Crippen LogP contribution in [0.4, 0.5) is 10.5 Å². The van der Waals surface area contributed by atoms with Crippen LogP contribution >= 0.6 is 0 Å². The van der Waals surface area contributed by atoms with Crippen LogP contribution in [0.2, 0.25) is 0 Å². The highest BCUT2D eigenvalue weighted by Gasteiger charge is 2.10. The first-order valence-electron chi connectivity index (χ1n) is 7.66. The molecule has 0 aliphatic rings. The van der Waals surface area contributed by atoms with E-state index >= 15 is 0 Å². The minimum atomic E-state index is -0.363. The molecule has 0 atom stereocenters. The van der Waals surface area contributed by atoms with Crippen molar-refractivity contribution in [3.8, 4) is 11.5 Å². The zero-order valence-electron chi connectivity index (χ0n) is 14.3. The third-order valence-electron chi connectivity index (χ3n) is 3.52. The number of oxazole rings is 1. The van der Waals surface area contributed by atoms with Crippen LogP contribution in [0.5, 0.6) is 0 Å². The van der Waals surface area contributed by atoms with Gasteiger partial charge in [0.15, 0.2) is 0 Å². The summed E-state index contributed by atoms with van der Waals surface area (Å²) in [6, 6.07) is 6.88. The molecule has 0 aliphatic carbocycles. The number of amides is 3. The summed E-state index contributed by atoms with van der Waals surface area (Å²) >= 11 is 0. The van der Waals surface area contributed by atoms with Gasteiger partial charge in [-0.15, -0.1) is 0 Å². The number of hydrogen-bond acceptors (Lipinski definition) is 4. The van der Waals surface area contributed by atoms with E-state index in [-0.39, 0.29) is 24.9 Å². The minimum absolute atomic E-state index is 0.0352. The topological polar surface area (TPSA) is 87.5 Å². The lowest BCUT2D eigenvalue weighted by Gasteiger charge is -2.11. The molecule has 2 rings (SSSR count). The van der Waals surface area contributed by atoms with Crippen molar-refractivity contribution in [3.05, 3.63) is 35.7 Å². The average molecular weight is 330 g/mol. The summed E-state index contributed by atoms with van der Waals surface area (Å²) in [5.74, 6) is 1.25. The van der Waals surface area contributed by atoms with E-state index in [2.05, 4.69) is 15.6 Å². The number of benzene rings is 1. The van der Waals surface area contributed by atoms with Crippen LogP contribution in [0.25, 0.3) is 11.5 Å². The molecule has 24 heavy (non-hydrogen) atoms. The zero-order valence-corrected chi connectivity index (χ0v) is 14.3. The number of anilines is 1. The predicted molar refractivity (Wildman–Crippen MR) is 91.7 cm³/mol. The van der Waals surface area contributed by atoms with Gasteiger partial charge in [0.2, 0.25) is 11.8 Å². The first-order chi connectivity index (χ1) is 11.4. The molecule has 128 valence electrons. The first kappa shape index (κ1) is 17.5. The second-order valence-electron chi connectivity index (χ2n) is 5.66. The smallest absolute Gasteiger partial charge is 0.319 e. The summed E-state index contributed by atoms with van der Waals surface area (Å²) < 4.78 is 5.59. The number of urea groups is 1. The molecule has 0 bridgehead atoms. The molecule has 0 fully saturated rings. The first-order valence-corrected chi connectivity index (χ1v) is 7.66. The predicted octanol–water partition coefficient (Wildman–Crippen LogP) is 2.56. The van der Waals surface area contributed by atoms with Crippen molar-refractivity contribution in [1.82, 2.24) is 15.2 Å². The molecule has 7 nitrogen and oxygen atoms in total. The molecule has 0 spiro atoms. The van der Waals surface area contributed by atoms with Gasteiger partial charge in [-0.25, -0.2) is 9.78 Å². The van der Waals surface area contributed by atoms with Crippen LogP contribution in [-0.2, 0) is 4.79 Å². The van der Waals surface area contributed by atoms with E-state index in [1.807, 2.05) is 26.0 Å². The molecule has 0 radical (unpaired) electrons. The van der Waals surface area contributed by atoms with Crippen molar-refractivity contribution in [2.45, 2.75) is 20.3 Å². The summed E-state index contributed by atoms with van der Waals surface area (Å²) in [4.78, 5) is 29.2. The Labute approximate surface area is 141 Å². The van der Waals surface area contributed by atoms with E-state index in [4.69, 9.17) is 4.42 Å². The fourth-order valence-corrected chi connectivity index (χ4v) is 2.01. The number of aromatic nitrogens is 1. The number of nitrogens with zero attached hydrogens (tertiary/aromatic N) is 2. The molecule has 0 aliphatic heterocycles. The lowest BCUT2D eigenvalue weighted by atomic mass is 10.2. The third kappa shape index (κ3) is 4.58. The summed E-state index contributed by atoms with van der Waals surface area (Å²) in [6.45, 7) is 4.02. The van der Waals surface area contributed by atoms with Crippen molar-refractivity contribution in [3.63, 3.8) is 0 Å². The number of carbonyl (C=O) groups excluding carboxylic acids is 2. The van der Waals surface area contributed by atoms with Crippen LogP contribution in [0.3, 0.4) is 0 Å². The van der Waals surface area contributed by atoms with E-state index in [0.29, 0.717) is 11.6 Å². The average Bonchev–Trinajstić information content (AvgIpc) is 2.87. The van der Waals surface area contributed by atoms with Gasteiger partial charge in [0.05, 0.1) is 5.69 Å². The van der Waals surface area contributed by atoms with E-state index in [1.54, 1.807) is 26.2 Å². The van der Waals surface area contributed by atoms with Gasteiger partial charge in [-0.05, 0) is 32.0 Å². The van der Waals surface area contributed by atoms with E-state index < -0.39 is 0 Å². The van der Waals surface area contributed by atoms with Crippen molar-refractivity contribution in [1.29, 1.82) is 0 Å². The van der Waals surface area contributed by atoms with E-state index in [0.717, 1.165) is 17.0 Å². The van der Waals surface area contributed by atoms with Gasteiger partial charge in [-0.3, -0.25) is 4.79 Å². The Kier molecular flexibility index (Phi) is 5.57. The maximum absolute atomic E-state index is 11.9. The van der Waals surface area contributed by atoms with Crippen molar-refractivity contribution in [2.75, 3.05) is 26.0 Å². The van der Waals surface area contributed by atoms with Gasteiger partial charge >= 0.3 is 6.03 Å². The normalized spacial score (nSPS) is 10.3. The molecule has 0 unspecified atom stereocenters. The van der Waals surface area contributed by atoms with E-state index in [9.17, 15) is 9.59 Å². The Hall–Kier alpha value is -2.83. The van der Waals surface area contributed by atoms with Gasteiger partial charge in [0.1, 0.15) is 5.76 Å². The molecule has 2 aromatic rings. The fraction of sp³-hybridized carbons (Fsp3) is 0.353. The highest BCUT2D eigenvalue weighted by molar-refractivity contribution is 5.90. The van der Waals surface area contributed by atoms with Crippen LogP contribution in [-0.4, -0.2) is 42.5 Å². The number of aryl methyl sites for hydroxylation is 2. The monoisotopic (exact) mass is 330 g/mol. The lowest BCUT2D eigenvalue weighted by Crippen LogP contribution is -2.33. The van der Waals surface area contributed by atoms with Crippen LogP contribution in [0, 0.1) is 13.8 Å². The number of rotatable bonds is 5. The SMILES string of the molecule is Cc1nc(-c2cccc(NC(=O)NCCC(=O)N(C)C)c2)oc1C. The van der Waals surface area contributed by atoms with Gasteiger partial charge in [0.25, 0.3) is 0 Å². The maximum atomic E-state index is 11.9. The Bertz CT molecular complexity index is 718. The van der Waals surface area contributed by atoms with Crippen molar-refractivity contribution < 1.29 is 14.0 Å². The molecule has 1 aromatic heterocycles. The largest absolute Gasteiger partial charge is 0.441 e. The van der Waals surface area contributed by atoms with Crippen molar-refractivity contribution in [2.24, 2.45) is 0 Å². The van der Waals surface area contributed by atoms with Crippen LogP contribution in [0.15, 0.2) is 28.7 Å². The van der Waals surface area contributed by atoms with Gasteiger partial charge in [-0.1, -0.05) is 6.07 Å². The molecule has 0 saturated heterocycles. The van der Waals surface area contributed by atoms with Gasteiger partial charge in [0, 0.05) is 38.3 Å². The van der Waals surface area contributed by atoms with E-state index in [1.165, 1.54) is 4.90 Å². The van der Waals surface area contributed by atoms with Gasteiger partial charge < -0.3 is 20.0 Å². The van der Waals surface area contributed by atoms with Gasteiger partial charge in [-0.2, -0.15) is 0 Å². The molecule has 2 N–H and O–H groups in total. The third-order valence-corrected chi connectivity index (χ3v) is 3.52. The van der Waals surface area contributed by atoms with Crippen LogP contribution < -0.4 is 10.6 Å². The summed E-state index contributed by atoms with van der Waals surface area (Å²) in [6.07, 6.45) is 0.259. The van der Waals surface area contributed by atoms with Crippen molar-refractivity contribution >= 4 is 17.6 Å². The Balaban J connectivity index is 1.94. The number of carbonyl (C=O) groups is 2. The lowest BCUT2D eigenvalue weighted by molar-refractivity contribution is -0.128. The number of hydrogen-bond donors (Lipinski definition) is 2. The molecule has 7 heteroatoms. The number of nitrogens with one attached hydrogen (secondary N) is 2. The Morgan fingerprint density at radius 1 is 1.25 bits per heavy atom. The summed E-state index contributed by atoms with van der Waals surface area (Å²) in [7, 11) is 3.36. The summed E-state index contributed by atoms with van der Waals surface area (Å²) in [5, 5.41) is 5.38. The quantitative estimate of drug-likeness (QED) is 0.882. The molecule has 1 heterocycles. The second kappa shape index (κ2) is 7.63. The Morgan fingerprint density at radius 2 is 2.00 bits per heavy atom. The molecular formula is C17H22N4O3. The summed E-state index contributed by atoms with van der Waals surface area (Å²) in [5.41, 5.74) is 2.25. The highest BCUT2D eigenvalue weighted by atomic mass is 16.4. The maximum Gasteiger partial charge on any atom is 0.319 e.